The topological polar surface area (TPSA) is 34.9 Å². The van der Waals surface area contributed by atoms with Gasteiger partial charge in [0.1, 0.15) is 5.82 Å². The molecule has 2 aromatic rings. The van der Waals surface area contributed by atoms with E-state index in [4.69, 9.17) is 0 Å². The summed E-state index contributed by atoms with van der Waals surface area (Å²) in [6, 6.07) is 7.57. The second-order valence-electron chi connectivity index (χ2n) is 3.91. The number of aromatic nitrogens is 2. The van der Waals surface area contributed by atoms with Crippen LogP contribution in [-0.4, -0.2) is 15.3 Å². The summed E-state index contributed by atoms with van der Waals surface area (Å²) in [5.74, 6) is 1.01. The van der Waals surface area contributed by atoms with Crippen molar-refractivity contribution in [2.45, 2.75) is 20.8 Å². The zero-order valence-corrected chi connectivity index (χ0v) is 9.69. The molecule has 0 aliphatic carbocycles. The van der Waals surface area contributed by atoms with Crippen LogP contribution in [0.25, 0.3) is 5.69 Å². The fourth-order valence-corrected chi connectivity index (χ4v) is 1.75. The Bertz CT molecular complexity index is 541. The smallest absolute Gasteiger partial charge is 0.159 e. The SMILES string of the molecule is CC(=O)c1cccc(-n2cc(C)nc2C)c1. The first-order chi connectivity index (χ1) is 7.58. The molecule has 2 rings (SSSR count). The quantitative estimate of drug-likeness (QED) is 0.720. The van der Waals surface area contributed by atoms with E-state index >= 15 is 0 Å². The molecule has 0 saturated carbocycles. The van der Waals surface area contributed by atoms with E-state index in [2.05, 4.69) is 4.98 Å². The van der Waals surface area contributed by atoms with Crippen LogP contribution in [-0.2, 0) is 0 Å². The molecule has 0 spiro atoms. The summed E-state index contributed by atoms with van der Waals surface area (Å²) in [5.41, 5.74) is 2.68. The number of benzene rings is 1. The van der Waals surface area contributed by atoms with E-state index in [0.29, 0.717) is 0 Å². The number of ketones is 1. The third kappa shape index (κ3) is 1.89. The molecule has 82 valence electrons. The first kappa shape index (κ1) is 10.6. The van der Waals surface area contributed by atoms with Crippen LogP contribution >= 0.6 is 0 Å². The molecule has 0 fully saturated rings. The Morgan fingerprint density at radius 1 is 1.31 bits per heavy atom. The third-order valence-electron chi connectivity index (χ3n) is 2.53. The summed E-state index contributed by atoms with van der Waals surface area (Å²) in [4.78, 5) is 15.6. The Morgan fingerprint density at radius 3 is 2.62 bits per heavy atom. The first-order valence-electron chi connectivity index (χ1n) is 5.22. The zero-order chi connectivity index (χ0) is 11.7. The summed E-state index contributed by atoms with van der Waals surface area (Å²) >= 11 is 0. The van der Waals surface area contributed by atoms with E-state index in [-0.39, 0.29) is 5.78 Å². The number of carbonyl (C=O) groups is 1. The molecule has 0 N–H and O–H groups in total. The van der Waals surface area contributed by atoms with Crippen molar-refractivity contribution >= 4 is 5.78 Å². The summed E-state index contributed by atoms with van der Waals surface area (Å²) in [5, 5.41) is 0. The molecule has 1 aromatic carbocycles. The maximum Gasteiger partial charge on any atom is 0.159 e. The maximum atomic E-state index is 11.3. The van der Waals surface area contributed by atoms with Crippen LogP contribution in [0.15, 0.2) is 30.5 Å². The van der Waals surface area contributed by atoms with Gasteiger partial charge in [0.15, 0.2) is 5.78 Å². The van der Waals surface area contributed by atoms with Crippen LogP contribution in [0, 0.1) is 13.8 Å². The van der Waals surface area contributed by atoms with Gasteiger partial charge in [-0.15, -0.1) is 0 Å². The van der Waals surface area contributed by atoms with Gasteiger partial charge in [-0.05, 0) is 32.9 Å². The van der Waals surface area contributed by atoms with E-state index < -0.39 is 0 Å². The fourth-order valence-electron chi connectivity index (χ4n) is 1.75. The van der Waals surface area contributed by atoms with Crippen LogP contribution in [0.5, 0.6) is 0 Å². The number of rotatable bonds is 2. The lowest BCUT2D eigenvalue weighted by Gasteiger charge is -2.05. The lowest BCUT2D eigenvalue weighted by molar-refractivity contribution is 0.101. The van der Waals surface area contributed by atoms with Gasteiger partial charge in [0.25, 0.3) is 0 Å². The molecule has 0 bridgehead atoms. The van der Waals surface area contributed by atoms with Gasteiger partial charge < -0.3 is 4.57 Å². The van der Waals surface area contributed by atoms with Gasteiger partial charge in [-0.3, -0.25) is 4.79 Å². The largest absolute Gasteiger partial charge is 0.304 e. The summed E-state index contributed by atoms with van der Waals surface area (Å²) < 4.78 is 1.99. The summed E-state index contributed by atoms with van der Waals surface area (Å²) in [6.07, 6.45) is 1.97. The van der Waals surface area contributed by atoms with Crippen LogP contribution in [0.1, 0.15) is 28.8 Å². The molecule has 0 atom stereocenters. The molecule has 1 aromatic heterocycles. The standard InChI is InChI=1S/C13H14N2O/c1-9-8-15(11(3)14-9)13-6-4-5-12(7-13)10(2)16/h4-8H,1-3H3. The lowest BCUT2D eigenvalue weighted by atomic mass is 10.1. The molecule has 0 aliphatic heterocycles. The summed E-state index contributed by atoms with van der Waals surface area (Å²) in [6.45, 7) is 5.48. The van der Waals surface area contributed by atoms with Crippen molar-refractivity contribution in [2.75, 3.05) is 0 Å². The van der Waals surface area contributed by atoms with Crippen molar-refractivity contribution in [3.05, 3.63) is 47.5 Å². The molecule has 1 heterocycles. The second-order valence-corrected chi connectivity index (χ2v) is 3.91. The molecule has 3 nitrogen and oxygen atoms in total. The number of nitrogens with zero attached hydrogens (tertiary/aromatic N) is 2. The van der Waals surface area contributed by atoms with Crippen molar-refractivity contribution in [1.82, 2.24) is 9.55 Å². The highest BCUT2D eigenvalue weighted by Crippen LogP contribution is 2.14. The minimum Gasteiger partial charge on any atom is -0.304 e. The second kappa shape index (κ2) is 3.93. The predicted octanol–water partition coefficient (Wildman–Crippen LogP) is 2.69. The normalized spacial score (nSPS) is 10.4. The number of imidazole rings is 1. The highest BCUT2D eigenvalue weighted by Gasteiger charge is 2.05. The molecule has 0 amide bonds. The molecule has 0 saturated heterocycles. The molecular weight excluding hydrogens is 200 g/mol. The van der Waals surface area contributed by atoms with E-state index in [1.54, 1.807) is 6.92 Å². The molecule has 16 heavy (non-hydrogen) atoms. The average Bonchev–Trinajstić information content (AvgIpc) is 2.58. The Balaban J connectivity index is 2.52. The van der Waals surface area contributed by atoms with Crippen LogP contribution in [0.4, 0.5) is 0 Å². The number of hydrogen-bond donors (Lipinski definition) is 0. The molecule has 0 radical (unpaired) electrons. The highest BCUT2D eigenvalue weighted by atomic mass is 16.1. The summed E-state index contributed by atoms with van der Waals surface area (Å²) in [7, 11) is 0. The Morgan fingerprint density at radius 2 is 2.06 bits per heavy atom. The van der Waals surface area contributed by atoms with Gasteiger partial charge in [0.2, 0.25) is 0 Å². The van der Waals surface area contributed by atoms with E-state index in [1.807, 2.05) is 48.9 Å². The molecule has 0 unspecified atom stereocenters. The number of hydrogen-bond acceptors (Lipinski definition) is 2. The Hall–Kier alpha value is -1.90. The monoisotopic (exact) mass is 214 g/mol. The van der Waals surface area contributed by atoms with Gasteiger partial charge in [-0.2, -0.15) is 0 Å². The van der Waals surface area contributed by atoms with E-state index in [9.17, 15) is 4.79 Å². The van der Waals surface area contributed by atoms with Gasteiger partial charge in [0, 0.05) is 17.4 Å². The average molecular weight is 214 g/mol. The number of Topliss-reactive ketones (excluding diaryl/α,β-unsaturated/α-hetero) is 1. The number of aryl methyl sites for hydroxylation is 2. The highest BCUT2D eigenvalue weighted by molar-refractivity contribution is 5.94. The number of carbonyl (C=O) groups excluding carboxylic acids is 1. The first-order valence-corrected chi connectivity index (χ1v) is 5.22. The zero-order valence-electron chi connectivity index (χ0n) is 9.69. The fraction of sp³-hybridized carbons (Fsp3) is 0.231. The van der Waals surface area contributed by atoms with Gasteiger partial charge >= 0.3 is 0 Å². The van der Waals surface area contributed by atoms with Crippen LogP contribution in [0.3, 0.4) is 0 Å². The lowest BCUT2D eigenvalue weighted by Crippen LogP contribution is -1.98. The van der Waals surface area contributed by atoms with Crippen molar-refractivity contribution in [2.24, 2.45) is 0 Å². The Labute approximate surface area is 94.7 Å². The third-order valence-corrected chi connectivity index (χ3v) is 2.53. The molecule has 3 heteroatoms. The van der Waals surface area contributed by atoms with Gasteiger partial charge in [0.05, 0.1) is 5.69 Å². The van der Waals surface area contributed by atoms with Crippen molar-refractivity contribution < 1.29 is 4.79 Å². The van der Waals surface area contributed by atoms with E-state index in [1.165, 1.54) is 0 Å². The van der Waals surface area contributed by atoms with Gasteiger partial charge in [-0.25, -0.2) is 4.98 Å². The molecule has 0 aliphatic rings. The maximum absolute atomic E-state index is 11.3. The van der Waals surface area contributed by atoms with Crippen molar-refractivity contribution in [3.63, 3.8) is 0 Å². The minimum absolute atomic E-state index is 0.0799. The van der Waals surface area contributed by atoms with Crippen molar-refractivity contribution in [1.29, 1.82) is 0 Å². The molecular formula is C13H14N2O. The van der Waals surface area contributed by atoms with Gasteiger partial charge in [-0.1, -0.05) is 12.1 Å². The minimum atomic E-state index is 0.0799. The Kier molecular flexibility index (Phi) is 2.60. The van der Waals surface area contributed by atoms with Crippen LogP contribution in [0.2, 0.25) is 0 Å². The van der Waals surface area contributed by atoms with E-state index in [0.717, 1.165) is 22.8 Å². The van der Waals surface area contributed by atoms with Crippen LogP contribution < -0.4 is 0 Å². The predicted molar refractivity (Wildman–Crippen MR) is 63.0 cm³/mol. The van der Waals surface area contributed by atoms with Crippen molar-refractivity contribution in [3.8, 4) is 5.69 Å².